The van der Waals surface area contributed by atoms with E-state index < -0.39 is 36.2 Å². The van der Waals surface area contributed by atoms with Crippen molar-refractivity contribution in [3.05, 3.63) is 35.9 Å². The fraction of sp³-hybridized carbons (Fsp3) is 0.556. The minimum atomic E-state index is -2.68. The number of nitrogens with zero attached hydrogens (tertiary/aromatic N) is 1. The molecule has 1 aromatic carbocycles. The zero-order valence-corrected chi connectivity index (χ0v) is 15.1. The number of nitrogens with one attached hydrogen (secondary N) is 1. The molecule has 2 amide bonds. The van der Waals surface area contributed by atoms with Crippen LogP contribution in [0, 0.1) is 5.92 Å². The summed E-state index contributed by atoms with van der Waals surface area (Å²) in [7, 11) is 0. The van der Waals surface area contributed by atoms with Gasteiger partial charge in [-0.1, -0.05) is 30.3 Å². The first-order valence-corrected chi connectivity index (χ1v) is 8.39. The molecule has 1 aliphatic heterocycles. The maximum atomic E-state index is 13.3. The molecule has 1 saturated heterocycles. The number of carbonyl (C=O) groups is 2. The lowest BCUT2D eigenvalue weighted by Crippen LogP contribution is -2.45. The van der Waals surface area contributed by atoms with E-state index in [9.17, 15) is 18.4 Å². The Balaban J connectivity index is 1.92. The molecule has 2 rings (SSSR count). The molecule has 0 radical (unpaired) electrons. The predicted molar refractivity (Wildman–Crippen MR) is 90.9 cm³/mol. The van der Waals surface area contributed by atoms with Crippen LogP contribution >= 0.6 is 0 Å². The number of rotatable bonds is 4. The molecule has 8 heteroatoms. The zero-order chi connectivity index (χ0) is 19.3. The fourth-order valence-corrected chi connectivity index (χ4v) is 2.66. The van der Waals surface area contributed by atoms with Crippen molar-refractivity contribution in [1.82, 2.24) is 10.2 Å². The van der Waals surface area contributed by atoms with Crippen LogP contribution in [0.25, 0.3) is 0 Å². The molecular weight excluding hydrogens is 346 g/mol. The van der Waals surface area contributed by atoms with Crippen molar-refractivity contribution in [3.63, 3.8) is 0 Å². The van der Waals surface area contributed by atoms with E-state index in [4.69, 9.17) is 9.47 Å². The zero-order valence-electron chi connectivity index (χ0n) is 15.1. The van der Waals surface area contributed by atoms with Gasteiger partial charge in [0.15, 0.2) is 0 Å². The summed E-state index contributed by atoms with van der Waals surface area (Å²) >= 11 is 0. The molecule has 1 aliphatic rings. The highest BCUT2D eigenvalue weighted by Gasteiger charge is 2.42. The molecule has 26 heavy (non-hydrogen) atoms. The number of hydrogen-bond donors (Lipinski definition) is 1. The molecule has 0 aromatic heterocycles. The molecule has 2 unspecified atom stereocenters. The topological polar surface area (TPSA) is 67.9 Å². The molecule has 0 spiro atoms. The van der Waals surface area contributed by atoms with Crippen LogP contribution in [0.1, 0.15) is 26.3 Å². The number of carbonyl (C=O) groups excluding carboxylic acids is 2. The van der Waals surface area contributed by atoms with Crippen LogP contribution in [0.5, 0.6) is 0 Å². The summed E-state index contributed by atoms with van der Waals surface area (Å²) in [5.41, 5.74) is 0.0611. The summed E-state index contributed by atoms with van der Waals surface area (Å²) < 4.78 is 36.9. The highest BCUT2D eigenvalue weighted by atomic mass is 19.3. The van der Waals surface area contributed by atoms with Crippen LogP contribution in [0.15, 0.2) is 30.3 Å². The Morgan fingerprint density at radius 1 is 1.23 bits per heavy atom. The minimum Gasteiger partial charge on any atom is -0.445 e. The average Bonchev–Trinajstić information content (AvgIpc) is 2.95. The molecule has 1 aromatic rings. The van der Waals surface area contributed by atoms with Crippen molar-refractivity contribution in [2.45, 2.75) is 45.4 Å². The van der Waals surface area contributed by atoms with E-state index in [1.807, 2.05) is 18.2 Å². The van der Waals surface area contributed by atoms with Crippen molar-refractivity contribution >= 4 is 12.2 Å². The lowest BCUT2D eigenvalue weighted by atomic mass is 10.1. The Labute approximate surface area is 151 Å². The Hall–Kier alpha value is -2.38. The minimum absolute atomic E-state index is 0.0537. The number of halogens is 2. The summed E-state index contributed by atoms with van der Waals surface area (Å²) in [6.07, 6.45) is -4.15. The van der Waals surface area contributed by atoms with E-state index in [1.165, 1.54) is 4.90 Å². The van der Waals surface area contributed by atoms with Gasteiger partial charge in [0, 0.05) is 13.1 Å². The second kappa shape index (κ2) is 8.33. The average molecular weight is 370 g/mol. The highest BCUT2D eigenvalue weighted by molar-refractivity contribution is 5.70. The molecule has 1 N–H and O–H groups in total. The number of ether oxygens (including phenoxy) is 2. The van der Waals surface area contributed by atoms with Gasteiger partial charge in [-0.3, -0.25) is 0 Å². The van der Waals surface area contributed by atoms with E-state index in [-0.39, 0.29) is 19.7 Å². The van der Waals surface area contributed by atoms with E-state index in [1.54, 1.807) is 32.9 Å². The second-order valence-electron chi connectivity index (χ2n) is 7.20. The van der Waals surface area contributed by atoms with Gasteiger partial charge in [-0.25, -0.2) is 18.4 Å². The van der Waals surface area contributed by atoms with Gasteiger partial charge >= 0.3 is 12.2 Å². The third-order valence-electron chi connectivity index (χ3n) is 3.85. The van der Waals surface area contributed by atoms with Gasteiger partial charge in [0.1, 0.15) is 12.2 Å². The highest BCUT2D eigenvalue weighted by Crippen LogP contribution is 2.25. The van der Waals surface area contributed by atoms with Gasteiger partial charge in [0.25, 0.3) is 0 Å². The summed E-state index contributed by atoms with van der Waals surface area (Å²) in [5.74, 6) is -1.17. The lowest BCUT2D eigenvalue weighted by molar-refractivity contribution is 0.0407. The number of amides is 2. The van der Waals surface area contributed by atoms with Crippen LogP contribution in [-0.4, -0.2) is 48.2 Å². The number of hydrogen-bond acceptors (Lipinski definition) is 4. The summed E-state index contributed by atoms with van der Waals surface area (Å²) in [5, 5.41) is 2.43. The quantitative estimate of drug-likeness (QED) is 0.882. The fourth-order valence-electron chi connectivity index (χ4n) is 2.66. The van der Waals surface area contributed by atoms with E-state index in [0.717, 1.165) is 5.56 Å². The van der Waals surface area contributed by atoms with Crippen LogP contribution in [-0.2, 0) is 16.1 Å². The molecule has 1 heterocycles. The van der Waals surface area contributed by atoms with Crippen molar-refractivity contribution in [2.75, 3.05) is 13.1 Å². The SMILES string of the molecule is CC(C)(C)OC(=O)NC1CN(C(=O)OCc2ccccc2)CC1C(F)F. The van der Waals surface area contributed by atoms with Crippen LogP contribution in [0.2, 0.25) is 0 Å². The van der Waals surface area contributed by atoms with E-state index >= 15 is 0 Å². The van der Waals surface area contributed by atoms with E-state index in [0.29, 0.717) is 0 Å². The number of benzene rings is 1. The first-order valence-electron chi connectivity index (χ1n) is 8.39. The van der Waals surface area contributed by atoms with Crippen LogP contribution < -0.4 is 5.32 Å². The Morgan fingerprint density at radius 3 is 2.46 bits per heavy atom. The summed E-state index contributed by atoms with van der Waals surface area (Å²) in [6.45, 7) is 4.85. The van der Waals surface area contributed by atoms with Crippen LogP contribution in [0.3, 0.4) is 0 Å². The van der Waals surface area contributed by atoms with Gasteiger partial charge in [0.2, 0.25) is 6.43 Å². The monoisotopic (exact) mass is 370 g/mol. The second-order valence-corrected chi connectivity index (χ2v) is 7.20. The molecule has 0 bridgehead atoms. The van der Waals surface area contributed by atoms with Crippen molar-refractivity contribution in [1.29, 1.82) is 0 Å². The normalized spacial score (nSPS) is 20.2. The molecule has 2 atom stereocenters. The third kappa shape index (κ3) is 5.86. The summed E-state index contributed by atoms with van der Waals surface area (Å²) in [6, 6.07) is 8.16. The van der Waals surface area contributed by atoms with E-state index in [2.05, 4.69) is 5.32 Å². The van der Waals surface area contributed by atoms with Crippen LogP contribution in [0.4, 0.5) is 18.4 Å². The molecular formula is C18H24F2N2O4. The van der Waals surface area contributed by atoms with Gasteiger partial charge in [-0.05, 0) is 26.3 Å². The Kier molecular flexibility index (Phi) is 6.39. The van der Waals surface area contributed by atoms with Crippen molar-refractivity contribution in [2.24, 2.45) is 5.92 Å². The van der Waals surface area contributed by atoms with Gasteiger partial charge in [0.05, 0.1) is 12.0 Å². The first-order chi connectivity index (χ1) is 12.2. The number of likely N-dealkylation sites (tertiary alicyclic amines) is 1. The molecule has 0 aliphatic carbocycles. The standard InChI is InChI=1S/C18H24F2N2O4/c1-18(2,3)26-16(23)21-14-10-22(9-13(14)15(19)20)17(24)25-11-12-7-5-4-6-8-12/h4-8,13-15H,9-11H2,1-3H3,(H,21,23). The third-order valence-corrected chi connectivity index (χ3v) is 3.85. The molecule has 0 saturated carbocycles. The Morgan fingerprint density at radius 2 is 1.88 bits per heavy atom. The molecule has 144 valence electrons. The summed E-state index contributed by atoms with van der Waals surface area (Å²) in [4.78, 5) is 25.2. The maximum Gasteiger partial charge on any atom is 0.410 e. The lowest BCUT2D eigenvalue weighted by Gasteiger charge is -2.23. The first kappa shape index (κ1) is 19.9. The van der Waals surface area contributed by atoms with Gasteiger partial charge < -0.3 is 19.7 Å². The maximum absolute atomic E-state index is 13.3. The Bertz CT molecular complexity index is 619. The van der Waals surface area contributed by atoms with Gasteiger partial charge in [-0.2, -0.15) is 0 Å². The number of alkyl halides is 2. The smallest absolute Gasteiger partial charge is 0.410 e. The number of alkyl carbamates (subject to hydrolysis) is 1. The predicted octanol–water partition coefficient (Wildman–Crippen LogP) is 3.41. The molecule has 1 fully saturated rings. The van der Waals surface area contributed by atoms with Crippen molar-refractivity contribution < 1.29 is 27.8 Å². The molecule has 6 nitrogen and oxygen atoms in total. The van der Waals surface area contributed by atoms with Crippen molar-refractivity contribution in [3.8, 4) is 0 Å². The van der Waals surface area contributed by atoms with Gasteiger partial charge in [-0.15, -0.1) is 0 Å². The largest absolute Gasteiger partial charge is 0.445 e.